The molecule has 18 heavy (non-hydrogen) atoms. The van der Waals surface area contributed by atoms with Gasteiger partial charge in [-0.3, -0.25) is 9.78 Å². The van der Waals surface area contributed by atoms with Crippen LogP contribution >= 0.6 is 0 Å². The van der Waals surface area contributed by atoms with Crippen LogP contribution in [-0.4, -0.2) is 23.0 Å². The van der Waals surface area contributed by atoms with Crippen LogP contribution in [0.3, 0.4) is 0 Å². The largest absolute Gasteiger partial charge is 0.348 e. The maximum Gasteiger partial charge on any atom is 0.240 e. The van der Waals surface area contributed by atoms with Gasteiger partial charge in [0.25, 0.3) is 0 Å². The molecule has 1 aromatic heterocycles. The number of aromatic nitrogens is 1. The molecule has 1 amide bonds. The monoisotopic (exact) mass is 247 g/mol. The van der Waals surface area contributed by atoms with E-state index in [9.17, 15) is 4.79 Å². The predicted octanol–water partition coefficient (Wildman–Crippen LogP) is 1.79. The van der Waals surface area contributed by atoms with E-state index in [1.54, 1.807) is 12.4 Å². The fourth-order valence-corrected chi connectivity index (χ4v) is 2.51. The molecule has 4 nitrogen and oxygen atoms in total. The van der Waals surface area contributed by atoms with Gasteiger partial charge in [-0.05, 0) is 44.4 Å². The smallest absolute Gasteiger partial charge is 0.240 e. The molecule has 2 heterocycles. The average molecular weight is 247 g/mol. The summed E-state index contributed by atoms with van der Waals surface area (Å²) in [5.41, 5.74) is 0.673. The van der Waals surface area contributed by atoms with Crippen molar-refractivity contribution in [1.29, 1.82) is 0 Å². The van der Waals surface area contributed by atoms with Gasteiger partial charge in [-0.1, -0.05) is 13.0 Å². The standard InChI is InChI=1S/C14H21N3O/c1-3-14(7-5-9-16-14)13(18)17-11(2)12-6-4-8-15-10-12/h4,6,8,10-11,16H,3,5,7,9H2,1-2H3,(H,17,18)/t11-,14?/m0/s1. The normalized spacial score (nSPS) is 24.8. The first-order valence-electron chi connectivity index (χ1n) is 6.64. The Morgan fingerprint density at radius 3 is 3.06 bits per heavy atom. The van der Waals surface area contributed by atoms with Gasteiger partial charge in [-0.2, -0.15) is 0 Å². The molecule has 0 saturated carbocycles. The van der Waals surface area contributed by atoms with Crippen LogP contribution in [0.25, 0.3) is 0 Å². The van der Waals surface area contributed by atoms with Crippen LogP contribution in [-0.2, 0) is 4.79 Å². The van der Waals surface area contributed by atoms with E-state index in [-0.39, 0.29) is 17.5 Å². The number of hydrogen-bond acceptors (Lipinski definition) is 3. The fraction of sp³-hybridized carbons (Fsp3) is 0.571. The molecular weight excluding hydrogens is 226 g/mol. The number of carbonyl (C=O) groups is 1. The summed E-state index contributed by atoms with van der Waals surface area (Å²) in [4.78, 5) is 16.5. The molecule has 2 N–H and O–H groups in total. The number of nitrogens with one attached hydrogen (secondary N) is 2. The van der Waals surface area contributed by atoms with E-state index in [4.69, 9.17) is 0 Å². The van der Waals surface area contributed by atoms with Gasteiger partial charge in [0, 0.05) is 12.4 Å². The second kappa shape index (κ2) is 5.48. The first-order chi connectivity index (χ1) is 8.68. The van der Waals surface area contributed by atoms with Crippen LogP contribution in [0.1, 0.15) is 44.7 Å². The van der Waals surface area contributed by atoms with Crippen molar-refractivity contribution in [3.8, 4) is 0 Å². The van der Waals surface area contributed by atoms with Crippen molar-refractivity contribution < 1.29 is 4.79 Å². The van der Waals surface area contributed by atoms with E-state index < -0.39 is 0 Å². The Morgan fingerprint density at radius 2 is 2.50 bits per heavy atom. The lowest BCUT2D eigenvalue weighted by Gasteiger charge is -2.28. The van der Waals surface area contributed by atoms with Crippen LogP contribution in [0.4, 0.5) is 0 Å². The summed E-state index contributed by atoms with van der Waals surface area (Å²) in [5, 5.41) is 6.44. The minimum atomic E-state index is -0.365. The van der Waals surface area contributed by atoms with E-state index in [0.717, 1.165) is 31.4 Å². The van der Waals surface area contributed by atoms with Crippen molar-refractivity contribution in [3.05, 3.63) is 30.1 Å². The van der Waals surface area contributed by atoms with E-state index in [2.05, 4.69) is 22.5 Å². The van der Waals surface area contributed by atoms with Gasteiger partial charge in [0.15, 0.2) is 0 Å². The lowest BCUT2D eigenvalue weighted by atomic mass is 9.92. The zero-order valence-electron chi connectivity index (χ0n) is 11.1. The Balaban J connectivity index is 2.03. The van der Waals surface area contributed by atoms with Crippen LogP contribution in [0.15, 0.2) is 24.5 Å². The SMILES string of the molecule is CCC1(C(=O)N[C@@H](C)c2cccnc2)CCCN1. The van der Waals surface area contributed by atoms with Gasteiger partial charge in [0.05, 0.1) is 11.6 Å². The number of carbonyl (C=O) groups excluding carboxylic acids is 1. The quantitative estimate of drug-likeness (QED) is 0.853. The molecule has 2 atom stereocenters. The molecule has 1 aliphatic heterocycles. The molecule has 0 bridgehead atoms. The van der Waals surface area contributed by atoms with E-state index in [1.165, 1.54) is 0 Å². The Labute approximate surface area is 108 Å². The molecular formula is C14H21N3O. The number of nitrogens with zero attached hydrogens (tertiary/aromatic N) is 1. The van der Waals surface area contributed by atoms with Gasteiger partial charge >= 0.3 is 0 Å². The highest BCUT2D eigenvalue weighted by atomic mass is 16.2. The van der Waals surface area contributed by atoms with Crippen molar-refractivity contribution >= 4 is 5.91 Å². The van der Waals surface area contributed by atoms with Crippen molar-refractivity contribution in [2.75, 3.05) is 6.54 Å². The molecule has 0 aromatic carbocycles. The van der Waals surface area contributed by atoms with Gasteiger partial charge in [-0.15, -0.1) is 0 Å². The van der Waals surface area contributed by atoms with Gasteiger partial charge in [-0.25, -0.2) is 0 Å². The van der Waals surface area contributed by atoms with Crippen molar-refractivity contribution in [3.63, 3.8) is 0 Å². The lowest BCUT2D eigenvalue weighted by molar-refractivity contribution is -0.128. The fourth-order valence-electron chi connectivity index (χ4n) is 2.51. The zero-order valence-corrected chi connectivity index (χ0v) is 11.1. The number of rotatable bonds is 4. The summed E-state index contributed by atoms with van der Waals surface area (Å²) < 4.78 is 0. The van der Waals surface area contributed by atoms with Crippen LogP contribution < -0.4 is 10.6 Å². The molecule has 0 radical (unpaired) electrons. The molecule has 1 aliphatic rings. The van der Waals surface area contributed by atoms with Gasteiger partial charge < -0.3 is 10.6 Å². The Kier molecular flexibility index (Phi) is 3.97. The Hall–Kier alpha value is -1.42. The molecule has 1 saturated heterocycles. The van der Waals surface area contributed by atoms with E-state index >= 15 is 0 Å². The molecule has 1 unspecified atom stereocenters. The molecule has 1 fully saturated rings. The maximum absolute atomic E-state index is 12.4. The Morgan fingerprint density at radius 1 is 1.67 bits per heavy atom. The summed E-state index contributed by atoms with van der Waals surface area (Å²) in [5.74, 6) is 0.110. The number of amides is 1. The van der Waals surface area contributed by atoms with Crippen LogP contribution in [0, 0.1) is 0 Å². The Bertz CT molecular complexity index is 399. The molecule has 0 spiro atoms. The average Bonchev–Trinajstić information content (AvgIpc) is 2.89. The van der Waals surface area contributed by atoms with Crippen LogP contribution in [0.5, 0.6) is 0 Å². The van der Waals surface area contributed by atoms with Crippen molar-refractivity contribution in [2.45, 2.75) is 44.7 Å². The molecule has 2 rings (SSSR count). The highest BCUT2D eigenvalue weighted by Gasteiger charge is 2.39. The van der Waals surface area contributed by atoms with E-state index in [0.29, 0.717) is 0 Å². The second-order valence-electron chi connectivity index (χ2n) is 4.95. The summed E-state index contributed by atoms with van der Waals surface area (Å²) in [6, 6.07) is 3.87. The minimum Gasteiger partial charge on any atom is -0.348 e. The number of hydrogen-bond donors (Lipinski definition) is 2. The molecule has 98 valence electrons. The second-order valence-corrected chi connectivity index (χ2v) is 4.95. The minimum absolute atomic E-state index is 0.00275. The zero-order chi connectivity index (χ0) is 13.0. The van der Waals surface area contributed by atoms with Crippen molar-refractivity contribution in [2.24, 2.45) is 0 Å². The summed E-state index contributed by atoms with van der Waals surface area (Å²) in [6.07, 6.45) is 6.37. The predicted molar refractivity (Wildman–Crippen MR) is 71.1 cm³/mol. The van der Waals surface area contributed by atoms with E-state index in [1.807, 2.05) is 19.1 Å². The third kappa shape index (κ3) is 2.53. The van der Waals surface area contributed by atoms with Gasteiger partial charge in [0.1, 0.15) is 0 Å². The third-order valence-electron chi connectivity index (χ3n) is 3.81. The number of pyridine rings is 1. The van der Waals surface area contributed by atoms with Gasteiger partial charge in [0.2, 0.25) is 5.91 Å². The first-order valence-corrected chi connectivity index (χ1v) is 6.64. The van der Waals surface area contributed by atoms with Crippen molar-refractivity contribution in [1.82, 2.24) is 15.6 Å². The molecule has 0 aliphatic carbocycles. The maximum atomic E-state index is 12.4. The lowest BCUT2D eigenvalue weighted by Crippen LogP contribution is -2.53. The summed E-state index contributed by atoms with van der Waals surface area (Å²) >= 11 is 0. The molecule has 1 aromatic rings. The highest BCUT2D eigenvalue weighted by molar-refractivity contribution is 5.87. The molecule has 4 heteroatoms. The van der Waals surface area contributed by atoms with Crippen LogP contribution in [0.2, 0.25) is 0 Å². The summed E-state index contributed by atoms with van der Waals surface area (Å²) in [7, 11) is 0. The highest BCUT2D eigenvalue weighted by Crippen LogP contribution is 2.24. The third-order valence-corrected chi connectivity index (χ3v) is 3.81. The first kappa shape index (κ1) is 13.0. The topological polar surface area (TPSA) is 54.0 Å². The summed E-state index contributed by atoms with van der Waals surface area (Å²) in [6.45, 7) is 4.99.